The van der Waals surface area contributed by atoms with E-state index in [-0.39, 0.29) is 17.4 Å². The molecule has 29 heavy (non-hydrogen) atoms. The number of thiazole rings is 1. The lowest BCUT2D eigenvalue weighted by Gasteiger charge is -2.24. The van der Waals surface area contributed by atoms with Gasteiger partial charge in [0, 0.05) is 16.6 Å². The lowest BCUT2D eigenvalue weighted by molar-refractivity contribution is -0.121. The van der Waals surface area contributed by atoms with Crippen molar-refractivity contribution in [1.29, 1.82) is 0 Å². The molecule has 6 heteroatoms. The van der Waals surface area contributed by atoms with Crippen molar-refractivity contribution in [2.24, 2.45) is 0 Å². The van der Waals surface area contributed by atoms with Gasteiger partial charge in [-0.05, 0) is 49.3 Å². The van der Waals surface area contributed by atoms with Crippen LogP contribution in [0.15, 0.2) is 35.8 Å². The number of carbonyl (C=O) groups is 1. The molecule has 1 unspecified atom stereocenters. The SMILES string of the molecule is Cc1nc(CC(=O)NC2CCCc3c2cnn3-c2ccc(C(C)(C)C)cc2)cs1. The predicted molar refractivity (Wildman–Crippen MR) is 117 cm³/mol. The summed E-state index contributed by atoms with van der Waals surface area (Å²) in [5.74, 6) is 0.0235. The van der Waals surface area contributed by atoms with E-state index >= 15 is 0 Å². The third-order valence-corrected chi connectivity index (χ3v) is 6.33. The minimum atomic E-state index is 0.0218. The molecule has 0 radical (unpaired) electrons. The number of rotatable bonds is 4. The van der Waals surface area contributed by atoms with Crippen molar-refractivity contribution in [1.82, 2.24) is 20.1 Å². The summed E-state index contributed by atoms with van der Waals surface area (Å²) >= 11 is 1.58. The third kappa shape index (κ3) is 4.27. The summed E-state index contributed by atoms with van der Waals surface area (Å²) < 4.78 is 2.03. The van der Waals surface area contributed by atoms with Crippen molar-refractivity contribution < 1.29 is 4.79 Å². The van der Waals surface area contributed by atoms with Crippen LogP contribution in [0.1, 0.15) is 67.2 Å². The largest absolute Gasteiger partial charge is 0.349 e. The Morgan fingerprint density at radius 2 is 2.03 bits per heavy atom. The predicted octanol–water partition coefficient (Wildman–Crippen LogP) is 4.67. The number of hydrogen-bond acceptors (Lipinski definition) is 4. The van der Waals surface area contributed by atoms with Crippen molar-refractivity contribution in [2.45, 2.75) is 64.8 Å². The Bertz CT molecular complexity index is 1010. The highest BCUT2D eigenvalue weighted by Gasteiger charge is 2.26. The van der Waals surface area contributed by atoms with Crippen LogP contribution in [0.2, 0.25) is 0 Å². The number of carbonyl (C=O) groups excluding carboxylic acids is 1. The van der Waals surface area contributed by atoms with Gasteiger partial charge in [-0.15, -0.1) is 11.3 Å². The zero-order valence-electron chi connectivity index (χ0n) is 17.5. The van der Waals surface area contributed by atoms with Crippen LogP contribution in [0.5, 0.6) is 0 Å². The van der Waals surface area contributed by atoms with Gasteiger partial charge in [-0.2, -0.15) is 5.10 Å². The number of amides is 1. The van der Waals surface area contributed by atoms with Gasteiger partial charge in [-0.25, -0.2) is 9.67 Å². The fourth-order valence-corrected chi connectivity index (χ4v) is 4.54. The Balaban J connectivity index is 1.52. The second-order valence-corrected chi connectivity index (χ2v) is 9.86. The molecule has 1 atom stereocenters. The van der Waals surface area contributed by atoms with Crippen LogP contribution in [0.25, 0.3) is 5.69 Å². The van der Waals surface area contributed by atoms with Gasteiger partial charge in [0.25, 0.3) is 0 Å². The molecule has 1 amide bonds. The molecule has 0 aliphatic heterocycles. The standard InChI is InChI=1S/C23H28N4OS/c1-15-25-17(14-29-15)12-22(28)26-20-6-5-7-21-19(20)13-24-27(21)18-10-8-16(9-11-18)23(2,3)4/h8-11,13-14,20H,5-7,12H2,1-4H3,(H,26,28). The van der Waals surface area contributed by atoms with Gasteiger partial charge in [-0.1, -0.05) is 32.9 Å². The van der Waals surface area contributed by atoms with Gasteiger partial charge in [0.15, 0.2) is 0 Å². The van der Waals surface area contributed by atoms with Gasteiger partial charge in [0.2, 0.25) is 5.91 Å². The Morgan fingerprint density at radius 3 is 2.69 bits per heavy atom. The zero-order valence-corrected chi connectivity index (χ0v) is 18.3. The molecule has 2 heterocycles. The van der Waals surface area contributed by atoms with E-state index in [0.29, 0.717) is 6.42 Å². The normalized spacial score (nSPS) is 16.5. The van der Waals surface area contributed by atoms with E-state index in [9.17, 15) is 4.79 Å². The molecule has 0 bridgehead atoms. The molecule has 1 aromatic carbocycles. The molecule has 3 aromatic rings. The molecule has 152 valence electrons. The average Bonchev–Trinajstić information content (AvgIpc) is 3.28. The molecular weight excluding hydrogens is 380 g/mol. The van der Waals surface area contributed by atoms with E-state index in [1.807, 2.05) is 23.2 Å². The number of nitrogens with one attached hydrogen (secondary N) is 1. The first-order valence-electron chi connectivity index (χ1n) is 10.2. The first kappa shape index (κ1) is 19.8. The Kier molecular flexibility index (Phi) is 5.30. The highest BCUT2D eigenvalue weighted by molar-refractivity contribution is 7.09. The van der Waals surface area contributed by atoms with Crippen molar-refractivity contribution in [3.63, 3.8) is 0 Å². The second-order valence-electron chi connectivity index (χ2n) is 8.80. The van der Waals surface area contributed by atoms with Gasteiger partial charge in [0.1, 0.15) is 0 Å². The molecule has 1 aliphatic carbocycles. The molecule has 4 rings (SSSR count). The van der Waals surface area contributed by atoms with Crippen molar-refractivity contribution in [3.8, 4) is 5.69 Å². The fraction of sp³-hybridized carbons (Fsp3) is 0.435. The van der Waals surface area contributed by atoms with Gasteiger partial charge in [-0.3, -0.25) is 4.79 Å². The van der Waals surface area contributed by atoms with Crippen LogP contribution in [-0.4, -0.2) is 20.7 Å². The monoisotopic (exact) mass is 408 g/mol. The van der Waals surface area contributed by atoms with Crippen LogP contribution in [0, 0.1) is 6.92 Å². The quantitative estimate of drug-likeness (QED) is 0.682. The summed E-state index contributed by atoms with van der Waals surface area (Å²) in [6.07, 6.45) is 5.22. The van der Waals surface area contributed by atoms with Crippen molar-refractivity contribution >= 4 is 17.2 Å². The Hall–Kier alpha value is -2.47. The summed E-state index contributed by atoms with van der Waals surface area (Å²) in [6, 6.07) is 8.66. The van der Waals surface area contributed by atoms with Gasteiger partial charge >= 0.3 is 0 Å². The van der Waals surface area contributed by atoms with E-state index in [2.05, 4.69) is 60.4 Å². The van der Waals surface area contributed by atoms with Crippen molar-refractivity contribution in [2.75, 3.05) is 0 Å². The average molecular weight is 409 g/mol. The van der Waals surface area contributed by atoms with Crippen LogP contribution in [0.3, 0.4) is 0 Å². The van der Waals surface area contributed by atoms with E-state index < -0.39 is 0 Å². The highest BCUT2D eigenvalue weighted by Crippen LogP contribution is 2.32. The zero-order chi connectivity index (χ0) is 20.6. The summed E-state index contributed by atoms with van der Waals surface area (Å²) in [4.78, 5) is 16.9. The maximum Gasteiger partial charge on any atom is 0.226 e. The highest BCUT2D eigenvalue weighted by atomic mass is 32.1. The molecule has 2 aromatic heterocycles. The fourth-order valence-electron chi connectivity index (χ4n) is 3.93. The Labute approximate surface area is 176 Å². The topological polar surface area (TPSA) is 59.8 Å². The van der Waals surface area contributed by atoms with E-state index in [4.69, 9.17) is 0 Å². The van der Waals surface area contributed by atoms with Crippen LogP contribution < -0.4 is 5.32 Å². The summed E-state index contributed by atoms with van der Waals surface area (Å²) in [6.45, 7) is 8.62. The molecule has 0 saturated carbocycles. The number of aryl methyl sites for hydroxylation is 1. The molecule has 1 aliphatic rings. The Morgan fingerprint density at radius 1 is 1.28 bits per heavy atom. The van der Waals surface area contributed by atoms with E-state index in [1.54, 1.807) is 11.3 Å². The minimum absolute atomic E-state index is 0.0218. The maximum absolute atomic E-state index is 12.5. The lowest BCUT2D eigenvalue weighted by atomic mass is 9.87. The van der Waals surface area contributed by atoms with E-state index in [0.717, 1.165) is 41.2 Å². The number of fused-ring (bicyclic) bond motifs is 1. The van der Waals surface area contributed by atoms with Crippen LogP contribution >= 0.6 is 11.3 Å². The molecular formula is C23H28N4OS. The number of benzene rings is 1. The summed E-state index contributed by atoms with van der Waals surface area (Å²) in [5, 5.41) is 10.8. The lowest BCUT2D eigenvalue weighted by Crippen LogP contribution is -2.32. The third-order valence-electron chi connectivity index (χ3n) is 5.50. The van der Waals surface area contributed by atoms with Gasteiger partial charge in [0.05, 0.1) is 35.0 Å². The molecule has 0 spiro atoms. The second kappa shape index (κ2) is 7.75. The maximum atomic E-state index is 12.5. The number of nitrogens with zero attached hydrogens (tertiary/aromatic N) is 3. The smallest absolute Gasteiger partial charge is 0.226 e. The first-order chi connectivity index (χ1) is 13.8. The number of aromatic nitrogens is 3. The molecule has 1 N–H and O–H groups in total. The van der Waals surface area contributed by atoms with Crippen LogP contribution in [-0.2, 0) is 23.1 Å². The molecule has 0 fully saturated rings. The van der Waals surface area contributed by atoms with Gasteiger partial charge < -0.3 is 5.32 Å². The van der Waals surface area contributed by atoms with E-state index in [1.165, 1.54) is 11.3 Å². The summed E-state index contributed by atoms with van der Waals surface area (Å²) in [5.41, 5.74) is 5.70. The van der Waals surface area contributed by atoms with Crippen LogP contribution in [0.4, 0.5) is 0 Å². The summed E-state index contributed by atoms with van der Waals surface area (Å²) in [7, 11) is 0. The van der Waals surface area contributed by atoms with Crippen molar-refractivity contribution in [3.05, 3.63) is 63.4 Å². The first-order valence-corrected chi connectivity index (χ1v) is 11.1. The molecule has 5 nitrogen and oxygen atoms in total. The minimum Gasteiger partial charge on any atom is -0.349 e. The number of hydrogen-bond donors (Lipinski definition) is 1. The molecule has 0 saturated heterocycles.